The van der Waals surface area contributed by atoms with E-state index in [0.29, 0.717) is 5.92 Å². The van der Waals surface area contributed by atoms with Gasteiger partial charge in [-0.05, 0) is 89.8 Å². The van der Waals surface area contributed by atoms with Gasteiger partial charge >= 0.3 is 0 Å². The lowest BCUT2D eigenvalue weighted by molar-refractivity contribution is 0.355. The van der Waals surface area contributed by atoms with Gasteiger partial charge in [0.05, 0.1) is 0 Å². The highest BCUT2D eigenvalue weighted by atomic mass is 15.1. The van der Waals surface area contributed by atoms with E-state index in [1.54, 1.807) is 11.1 Å². The summed E-state index contributed by atoms with van der Waals surface area (Å²) in [6.07, 6.45) is 5.12. The second-order valence-corrected chi connectivity index (χ2v) is 10.3. The molecule has 2 aliphatic carbocycles. The number of hydrogen-bond acceptors (Lipinski definition) is 1. The minimum atomic E-state index is 0.135. The zero-order chi connectivity index (χ0) is 23.1. The molecule has 0 N–H and O–H groups in total. The molecular formula is C33H33N. The molecule has 1 nitrogen and oxygen atoms in total. The van der Waals surface area contributed by atoms with E-state index < -0.39 is 0 Å². The molecule has 6 rings (SSSR count). The molecule has 0 radical (unpaired) electrons. The molecule has 1 fully saturated rings. The molecule has 0 bridgehead atoms. The molecule has 0 amide bonds. The third-order valence-electron chi connectivity index (χ3n) is 8.16. The highest BCUT2D eigenvalue weighted by molar-refractivity contribution is 5.86. The molecular weight excluding hydrogens is 410 g/mol. The van der Waals surface area contributed by atoms with Crippen molar-refractivity contribution in [2.75, 3.05) is 4.90 Å². The van der Waals surface area contributed by atoms with Crippen LogP contribution in [0, 0.1) is 11.8 Å². The van der Waals surface area contributed by atoms with Crippen LogP contribution >= 0.6 is 0 Å². The first-order chi connectivity index (χ1) is 16.7. The van der Waals surface area contributed by atoms with Crippen molar-refractivity contribution in [1.29, 1.82) is 0 Å². The van der Waals surface area contributed by atoms with Crippen LogP contribution in [0.25, 0.3) is 11.1 Å². The van der Waals surface area contributed by atoms with Gasteiger partial charge in [-0.15, -0.1) is 0 Å². The van der Waals surface area contributed by atoms with Crippen LogP contribution in [0.4, 0.5) is 17.1 Å². The molecule has 3 atom stereocenters. The Hall–Kier alpha value is -3.32. The fraction of sp³-hybridized carbons (Fsp3) is 0.273. The molecule has 0 aliphatic heterocycles. The number of benzene rings is 4. The molecule has 2 aliphatic rings. The van der Waals surface area contributed by atoms with Gasteiger partial charge < -0.3 is 4.90 Å². The molecule has 0 aromatic heterocycles. The molecule has 0 heterocycles. The van der Waals surface area contributed by atoms with Gasteiger partial charge in [0.2, 0.25) is 0 Å². The van der Waals surface area contributed by atoms with Gasteiger partial charge in [-0.25, -0.2) is 0 Å². The first kappa shape index (κ1) is 21.2. The summed E-state index contributed by atoms with van der Waals surface area (Å²) in [5.41, 5.74) is 9.78. The smallest absolute Gasteiger partial charge is 0.0465 e. The first-order valence-corrected chi connectivity index (χ1v) is 12.9. The van der Waals surface area contributed by atoms with Crippen molar-refractivity contribution in [3.8, 4) is 11.1 Å². The van der Waals surface area contributed by atoms with E-state index in [2.05, 4.69) is 122 Å². The Morgan fingerprint density at radius 3 is 2.00 bits per heavy atom. The number of rotatable bonds is 5. The van der Waals surface area contributed by atoms with Gasteiger partial charge in [-0.1, -0.05) is 87.0 Å². The standard InChI is InChI=1S/C33H33N/c1-3-12-25-21-24(2)23-33(25)31-18-11-10-17-29(31)30-20-19-28(22-32(30)33)34(26-13-6-4-7-14-26)27-15-8-5-9-16-27/h4-11,13-20,22,24-25H,3,12,21,23H2,1-2H3. The number of anilines is 3. The lowest BCUT2D eigenvalue weighted by Crippen LogP contribution is -2.30. The van der Waals surface area contributed by atoms with Crippen molar-refractivity contribution >= 4 is 17.1 Å². The van der Waals surface area contributed by atoms with Crippen LogP contribution in [0.3, 0.4) is 0 Å². The first-order valence-electron chi connectivity index (χ1n) is 12.9. The van der Waals surface area contributed by atoms with E-state index in [1.165, 1.54) is 53.9 Å². The molecule has 34 heavy (non-hydrogen) atoms. The van der Waals surface area contributed by atoms with E-state index in [1.807, 2.05) is 0 Å². The Morgan fingerprint density at radius 1 is 0.706 bits per heavy atom. The van der Waals surface area contributed by atoms with Gasteiger partial charge in [0, 0.05) is 22.5 Å². The number of para-hydroxylation sites is 2. The maximum atomic E-state index is 2.52. The minimum absolute atomic E-state index is 0.135. The SMILES string of the molecule is CCCC1CC(C)CC12c1ccccc1-c1ccc(N(c3ccccc3)c3ccccc3)cc12. The van der Waals surface area contributed by atoms with E-state index in [0.717, 1.165) is 5.92 Å². The van der Waals surface area contributed by atoms with Crippen LogP contribution < -0.4 is 4.90 Å². The molecule has 1 saturated carbocycles. The summed E-state index contributed by atoms with van der Waals surface area (Å²) < 4.78 is 0. The second kappa shape index (κ2) is 8.47. The van der Waals surface area contributed by atoms with Crippen molar-refractivity contribution in [2.45, 2.75) is 44.9 Å². The second-order valence-electron chi connectivity index (χ2n) is 10.3. The lowest BCUT2D eigenvalue weighted by Gasteiger charge is -2.35. The normalized spacial score (nSPS) is 22.5. The molecule has 1 spiro atoms. The molecule has 1 heteroatoms. The summed E-state index contributed by atoms with van der Waals surface area (Å²) in [6, 6.07) is 38.0. The zero-order valence-electron chi connectivity index (χ0n) is 20.2. The van der Waals surface area contributed by atoms with E-state index >= 15 is 0 Å². The van der Waals surface area contributed by atoms with Crippen molar-refractivity contribution in [3.05, 3.63) is 114 Å². The zero-order valence-corrected chi connectivity index (χ0v) is 20.2. The van der Waals surface area contributed by atoms with Crippen LogP contribution in [-0.4, -0.2) is 0 Å². The monoisotopic (exact) mass is 443 g/mol. The summed E-state index contributed by atoms with van der Waals surface area (Å²) in [5.74, 6) is 1.45. The van der Waals surface area contributed by atoms with Gasteiger partial charge in [-0.2, -0.15) is 0 Å². The van der Waals surface area contributed by atoms with Gasteiger partial charge in [-0.3, -0.25) is 0 Å². The molecule has 4 aromatic carbocycles. The third-order valence-corrected chi connectivity index (χ3v) is 8.16. The lowest BCUT2D eigenvalue weighted by atomic mass is 9.68. The molecule has 170 valence electrons. The summed E-state index contributed by atoms with van der Waals surface area (Å²) in [4.78, 5) is 2.41. The fourth-order valence-electron chi connectivity index (χ4n) is 6.99. The Kier molecular flexibility index (Phi) is 5.29. The number of nitrogens with zero attached hydrogens (tertiary/aromatic N) is 1. The summed E-state index contributed by atoms with van der Waals surface area (Å²) in [5, 5.41) is 0. The summed E-state index contributed by atoms with van der Waals surface area (Å²) in [7, 11) is 0. The highest BCUT2D eigenvalue weighted by Gasteiger charge is 2.52. The third kappa shape index (κ3) is 3.21. The molecule has 3 unspecified atom stereocenters. The van der Waals surface area contributed by atoms with Gasteiger partial charge in [0.15, 0.2) is 0 Å². The Morgan fingerprint density at radius 2 is 1.32 bits per heavy atom. The Labute approximate surface area is 204 Å². The van der Waals surface area contributed by atoms with Gasteiger partial charge in [0.25, 0.3) is 0 Å². The largest absolute Gasteiger partial charge is 0.310 e. The maximum absolute atomic E-state index is 2.52. The van der Waals surface area contributed by atoms with Crippen LogP contribution in [0.15, 0.2) is 103 Å². The van der Waals surface area contributed by atoms with Crippen LogP contribution in [0.1, 0.15) is 50.7 Å². The van der Waals surface area contributed by atoms with Crippen molar-refractivity contribution < 1.29 is 0 Å². The van der Waals surface area contributed by atoms with Crippen molar-refractivity contribution in [3.63, 3.8) is 0 Å². The van der Waals surface area contributed by atoms with E-state index in [4.69, 9.17) is 0 Å². The predicted octanol–water partition coefficient (Wildman–Crippen LogP) is 9.27. The molecule has 4 aromatic rings. The maximum Gasteiger partial charge on any atom is 0.0465 e. The predicted molar refractivity (Wildman–Crippen MR) is 144 cm³/mol. The average Bonchev–Trinajstić information content (AvgIpc) is 3.35. The van der Waals surface area contributed by atoms with Crippen molar-refractivity contribution in [2.24, 2.45) is 11.8 Å². The Bertz CT molecular complexity index is 1250. The minimum Gasteiger partial charge on any atom is -0.310 e. The van der Waals surface area contributed by atoms with Crippen molar-refractivity contribution in [1.82, 2.24) is 0 Å². The van der Waals surface area contributed by atoms with Crippen LogP contribution in [0.2, 0.25) is 0 Å². The highest BCUT2D eigenvalue weighted by Crippen LogP contribution is 2.62. The summed E-state index contributed by atoms with van der Waals surface area (Å²) >= 11 is 0. The average molecular weight is 444 g/mol. The Balaban J connectivity index is 1.57. The van der Waals surface area contributed by atoms with Crippen LogP contribution in [-0.2, 0) is 5.41 Å². The fourth-order valence-corrected chi connectivity index (χ4v) is 6.99. The quantitative estimate of drug-likeness (QED) is 0.297. The molecule has 0 saturated heterocycles. The van der Waals surface area contributed by atoms with Gasteiger partial charge in [0.1, 0.15) is 0 Å². The number of fused-ring (bicyclic) bond motifs is 5. The van der Waals surface area contributed by atoms with Crippen LogP contribution in [0.5, 0.6) is 0 Å². The number of hydrogen-bond donors (Lipinski definition) is 0. The van der Waals surface area contributed by atoms with E-state index in [-0.39, 0.29) is 5.41 Å². The van der Waals surface area contributed by atoms with E-state index in [9.17, 15) is 0 Å². The topological polar surface area (TPSA) is 3.24 Å². The summed E-state index contributed by atoms with van der Waals surface area (Å²) in [6.45, 7) is 4.81.